The van der Waals surface area contributed by atoms with Crippen LogP contribution in [0.3, 0.4) is 0 Å². The fourth-order valence-electron chi connectivity index (χ4n) is 2.15. The lowest BCUT2D eigenvalue weighted by Crippen LogP contribution is -2.23. The highest BCUT2D eigenvalue weighted by Crippen LogP contribution is 2.28. The highest BCUT2D eigenvalue weighted by atomic mass is 16.6. The van der Waals surface area contributed by atoms with Crippen LogP contribution in [0.5, 0.6) is 0 Å². The van der Waals surface area contributed by atoms with Crippen LogP contribution in [0.1, 0.15) is 31.1 Å². The van der Waals surface area contributed by atoms with Crippen molar-refractivity contribution in [1.82, 2.24) is 4.98 Å². The van der Waals surface area contributed by atoms with Gasteiger partial charge in [-0.3, -0.25) is 4.98 Å². The van der Waals surface area contributed by atoms with Crippen molar-refractivity contribution < 1.29 is 13.9 Å². The number of hydrogen-bond acceptors (Lipinski definition) is 4. The second-order valence-corrected chi connectivity index (χ2v) is 6.11. The van der Waals surface area contributed by atoms with Gasteiger partial charge in [-0.25, -0.2) is 4.79 Å². The number of rotatable bonds is 2. The predicted octanol–water partition coefficient (Wildman–Crippen LogP) is 4.45. The molecule has 2 heterocycles. The Kier molecular flexibility index (Phi) is 3.45. The summed E-state index contributed by atoms with van der Waals surface area (Å²) in [6, 6.07) is 11.4. The maximum atomic E-state index is 12.1. The van der Waals surface area contributed by atoms with Crippen LogP contribution in [0, 0.1) is 0 Å². The fourth-order valence-corrected chi connectivity index (χ4v) is 2.15. The molecule has 0 spiro atoms. The van der Waals surface area contributed by atoms with Crippen LogP contribution in [-0.2, 0) is 4.74 Å². The Morgan fingerprint density at radius 3 is 2.64 bits per heavy atom. The van der Waals surface area contributed by atoms with Gasteiger partial charge in [0, 0.05) is 23.3 Å². The van der Waals surface area contributed by atoms with Gasteiger partial charge >= 0.3 is 5.97 Å². The zero-order valence-electron chi connectivity index (χ0n) is 12.8. The topological polar surface area (TPSA) is 52.3 Å². The van der Waals surface area contributed by atoms with Crippen LogP contribution < -0.4 is 0 Å². The Bertz CT molecular complexity index is 794. The molecule has 0 fully saturated rings. The van der Waals surface area contributed by atoms with E-state index in [1.54, 1.807) is 12.3 Å². The fraction of sp³-hybridized carbons (Fsp3) is 0.222. The van der Waals surface area contributed by atoms with Gasteiger partial charge in [0.05, 0.1) is 5.56 Å². The number of hydrogen-bond donors (Lipinski definition) is 0. The summed E-state index contributed by atoms with van der Waals surface area (Å²) in [7, 11) is 0. The molecular formula is C18H17NO3. The van der Waals surface area contributed by atoms with Crippen molar-refractivity contribution in [3.05, 3.63) is 54.4 Å². The predicted molar refractivity (Wildman–Crippen MR) is 84.6 cm³/mol. The summed E-state index contributed by atoms with van der Waals surface area (Å²) in [6.45, 7) is 5.50. The van der Waals surface area contributed by atoms with E-state index in [0.29, 0.717) is 11.3 Å². The minimum atomic E-state index is -0.535. The first-order valence-corrected chi connectivity index (χ1v) is 7.10. The average Bonchev–Trinajstić information content (AvgIpc) is 2.89. The van der Waals surface area contributed by atoms with Crippen LogP contribution in [0.25, 0.3) is 22.3 Å². The first-order chi connectivity index (χ1) is 10.4. The van der Waals surface area contributed by atoms with Crippen molar-refractivity contribution in [2.24, 2.45) is 0 Å². The maximum Gasteiger partial charge on any atom is 0.340 e. The number of furan rings is 1. The zero-order chi connectivity index (χ0) is 15.7. The third-order valence-electron chi connectivity index (χ3n) is 3.08. The van der Waals surface area contributed by atoms with Gasteiger partial charge in [-0.05, 0) is 39.0 Å². The smallest absolute Gasteiger partial charge is 0.340 e. The van der Waals surface area contributed by atoms with Gasteiger partial charge in [0.2, 0.25) is 0 Å². The molecule has 0 aliphatic heterocycles. The second-order valence-electron chi connectivity index (χ2n) is 6.11. The maximum absolute atomic E-state index is 12.1. The van der Waals surface area contributed by atoms with E-state index in [-0.39, 0.29) is 0 Å². The average molecular weight is 295 g/mol. The molecule has 0 saturated carbocycles. The van der Waals surface area contributed by atoms with Crippen molar-refractivity contribution in [3.8, 4) is 11.3 Å². The third kappa shape index (κ3) is 3.01. The van der Waals surface area contributed by atoms with Gasteiger partial charge in [-0.1, -0.05) is 18.2 Å². The van der Waals surface area contributed by atoms with E-state index in [2.05, 4.69) is 4.98 Å². The SMILES string of the molecule is CC(C)(C)OC(=O)c1cncc(-c2cc3ccccc3o2)c1. The number of pyridine rings is 1. The molecule has 0 aliphatic rings. The van der Waals surface area contributed by atoms with E-state index in [4.69, 9.17) is 9.15 Å². The molecule has 0 bridgehead atoms. The van der Waals surface area contributed by atoms with Gasteiger partial charge in [0.1, 0.15) is 16.9 Å². The number of carbonyl (C=O) groups is 1. The van der Waals surface area contributed by atoms with E-state index in [1.165, 1.54) is 6.20 Å². The first-order valence-electron chi connectivity index (χ1n) is 7.10. The van der Waals surface area contributed by atoms with Crippen molar-refractivity contribution >= 4 is 16.9 Å². The molecule has 1 aromatic carbocycles. The zero-order valence-corrected chi connectivity index (χ0v) is 12.8. The second kappa shape index (κ2) is 5.30. The molecule has 0 N–H and O–H groups in total. The Hall–Kier alpha value is -2.62. The number of carbonyl (C=O) groups excluding carboxylic acids is 1. The minimum absolute atomic E-state index is 0.391. The van der Waals surface area contributed by atoms with Crippen LogP contribution in [0.15, 0.2) is 53.2 Å². The van der Waals surface area contributed by atoms with Crippen LogP contribution in [0.2, 0.25) is 0 Å². The summed E-state index contributed by atoms with van der Waals surface area (Å²) in [4.78, 5) is 16.2. The van der Waals surface area contributed by atoms with Crippen molar-refractivity contribution in [3.63, 3.8) is 0 Å². The van der Waals surface area contributed by atoms with Crippen molar-refractivity contribution in [2.45, 2.75) is 26.4 Å². The monoisotopic (exact) mass is 295 g/mol. The van der Waals surface area contributed by atoms with E-state index < -0.39 is 11.6 Å². The highest BCUT2D eigenvalue weighted by Gasteiger charge is 2.19. The quantitative estimate of drug-likeness (QED) is 0.655. The molecule has 3 rings (SSSR count). The molecule has 0 unspecified atom stereocenters. The lowest BCUT2D eigenvalue weighted by atomic mass is 10.1. The van der Waals surface area contributed by atoms with E-state index in [1.807, 2.05) is 51.1 Å². The van der Waals surface area contributed by atoms with E-state index in [9.17, 15) is 4.79 Å². The molecule has 3 aromatic rings. The third-order valence-corrected chi connectivity index (χ3v) is 3.08. The number of para-hydroxylation sites is 1. The molecular weight excluding hydrogens is 278 g/mol. The van der Waals surface area contributed by atoms with E-state index in [0.717, 1.165) is 16.5 Å². The lowest BCUT2D eigenvalue weighted by Gasteiger charge is -2.19. The lowest BCUT2D eigenvalue weighted by molar-refractivity contribution is 0.00691. The van der Waals surface area contributed by atoms with Crippen molar-refractivity contribution in [2.75, 3.05) is 0 Å². The molecule has 0 saturated heterocycles. The molecule has 4 heteroatoms. The molecule has 0 atom stereocenters. The molecule has 4 nitrogen and oxygen atoms in total. The first kappa shape index (κ1) is 14.3. The molecule has 112 valence electrons. The standard InChI is InChI=1S/C18H17NO3/c1-18(2,3)22-17(20)14-8-13(10-19-11-14)16-9-12-6-4-5-7-15(12)21-16/h4-11H,1-3H3. The normalized spacial score (nSPS) is 11.6. The number of aromatic nitrogens is 1. The van der Waals surface area contributed by atoms with Crippen molar-refractivity contribution in [1.29, 1.82) is 0 Å². The molecule has 22 heavy (non-hydrogen) atoms. The molecule has 0 radical (unpaired) electrons. The van der Waals surface area contributed by atoms with Gasteiger partial charge in [0.15, 0.2) is 0 Å². The van der Waals surface area contributed by atoms with Crippen LogP contribution >= 0.6 is 0 Å². The Morgan fingerprint density at radius 1 is 1.14 bits per heavy atom. The van der Waals surface area contributed by atoms with Gasteiger partial charge < -0.3 is 9.15 Å². The number of fused-ring (bicyclic) bond motifs is 1. The summed E-state index contributed by atoms with van der Waals surface area (Å²) in [6.07, 6.45) is 3.17. The number of benzene rings is 1. The minimum Gasteiger partial charge on any atom is -0.456 e. The Balaban J connectivity index is 1.95. The van der Waals surface area contributed by atoms with E-state index >= 15 is 0 Å². The molecule has 0 aliphatic carbocycles. The summed E-state index contributed by atoms with van der Waals surface area (Å²) in [5, 5.41) is 1.01. The molecule has 2 aromatic heterocycles. The van der Waals surface area contributed by atoms with Crippen LogP contribution in [0.4, 0.5) is 0 Å². The molecule has 0 amide bonds. The van der Waals surface area contributed by atoms with Gasteiger partial charge in [-0.15, -0.1) is 0 Å². The Labute approximate surface area is 128 Å². The van der Waals surface area contributed by atoms with Gasteiger partial charge in [0.25, 0.3) is 0 Å². The summed E-state index contributed by atoms with van der Waals surface area (Å²) in [5.41, 5.74) is 1.43. The summed E-state index contributed by atoms with van der Waals surface area (Å²) < 4.78 is 11.2. The Morgan fingerprint density at radius 2 is 1.91 bits per heavy atom. The number of nitrogens with zero attached hydrogens (tertiary/aromatic N) is 1. The summed E-state index contributed by atoms with van der Waals surface area (Å²) >= 11 is 0. The number of ether oxygens (including phenoxy) is 1. The highest BCUT2D eigenvalue weighted by molar-refractivity contribution is 5.91. The number of esters is 1. The summed E-state index contributed by atoms with van der Waals surface area (Å²) in [5.74, 6) is 0.289. The van der Waals surface area contributed by atoms with Crippen LogP contribution in [-0.4, -0.2) is 16.6 Å². The largest absolute Gasteiger partial charge is 0.456 e. The van der Waals surface area contributed by atoms with Gasteiger partial charge in [-0.2, -0.15) is 0 Å².